The average molecular weight is 339 g/mol. The Balaban J connectivity index is 1.72. The second kappa shape index (κ2) is 5.60. The van der Waals surface area contributed by atoms with Crippen LogP contribution in [0.4, 0.5) is 0 Å². The van der Waals surface area contributed by atoms with Gasteiger partial charge in [0.15, 0.2) is 0 Å². The summed E-state index contributed by atoms with van der Waals surface area (Å²) in [4.78, 5) is 0. The molecule has 0 unspecified atom stereocenters. The van der Waals surface area contributed by atoms with Gasteiger partial charge in [-0.25, -0.2) is 8.57 Å². The lowest BCUT2D eigenvalue weighted by Crippen LogP contribution is -2.41. The zero-order valence-electron chi connectivity index (χ0n) is 14.6. The van der Waals surface area contributed by atoms with Gasteiger partial charge in [0, 0.05) is 46.1 Å². The molecule has 2 saturated heterocycles. The van der Waals surface area contributed by atoms with Gasteiger partial charge >= 0.3 is 7.12 Å². The van der Waals surface area contributed by atoms with Crippen LogP contribution in [-0.4, -0.2) is 50.9 Å². The van der Waals surface area contributed by atoms with E-state index in [0.29, 0.717) is 11.5 Å². The van der Waals surface area contributed by atoms with Crippen molar-refractivity contribution >= 4 is 22.3 Å². The summed E-state index contributed by atoms with van der Waals surface area (Å²) in [6, 6.07) is 0.280. The number of hydrogen-bond acceptors (Lipinski definition) is 5. The van der Waals surface area contributed by atoms with Crippen molar-refractivity contribution in [2.75, 3.05) is 18.6 Å². The van der Waals surface area contributed by atoms with E-state index < -0.39 is 9.73 Å². The Bertz CT molecular complexity index is 677. The van der Waals surface area contributed by atoms with Crippen molar-refractivity contribution in [2.45, 2.75) is 57.8 Å². The highest BCUT2D eigenvalue weighted by atomic mass is 32.2. The molecule has 2 aliphatic heterocycles. The summed E-state index contributed by atoms with van der Waals surface area (Å²) in [5.41, 5.74) is 0.243. The zero-order chi connectivity index (χ0) is 16.9. The third-order valence-electron chi connectivity index (χ3n) is 5.39. The Morgan fingerprint density at radius 2 is 1.83 bits per heavy atom. The Kier molecular flexibility index (Phi) is 4.14. The van der Waals surface area contributed by atoms with Crippen LogP contribution in [0.5, 0.6) is 0 Å². The first-order valence-corrected chi connectivity index (χ1v) is 10.0. The lowest BCUT2D eigenvalue weighted by atomic mass is 9.82. The van der Waals surface area contributed by atoms with Crippen LogP contribution in [0.25, 0.3) is 0 Å². The molecule has 2 aliphatic rings. The number of hydrogen-bond donors (Lipinski definition) is 0. The standard InChI is InChI=1S/C15H26BN3O3S/c1-14(2)15(3,4)22-16(21-14)12-10-18-19(11-12)13-6-8-23(20,17-5)9-7-13/h10-11,13H,6-9H2,1-5H3. The SMILES string of the molecule is CN=S1(=O)CCC(n2cc(B3OC(C)(C)C(C)(C)O3)cn2)CC1. The van der Waals surface area contributed by atoms with Crippen molar-refractivity contribution in [1.29, 1.82) is 0 Å². The summed E-state index contributed by atoms with van der Waals surface area (Å²) in [5.74, 6) is 1.31. The molecule has 0 radical (unpaired) electrons. The summed E-state index contributed by atoms with van der Waals surface area (Å²) in [6.45, 7) is 8.18. The third-order valence-corrected chi connectivity index (χ3v) is 7.81. The monoisotopic (exact) mass is 339 g/mol. The molecular weight excluding hydrogens is 313 g/mol. The normalized spacial score (nSPS) is 32.9. The molecule has 0 aliphatic carbocycles. The molecule has 0 spiro atoms. The fraction of sp³-hybridized carbons (Fsp3) is 0.800. The van der Waals surface area contributed by atoms with Gasteiger partial charge in [-0.1, -0.05) is 0 Å². The minimum atomic E-state index is -1.97. The number of aromatic nitrogens is 2. The molecule has 0 amide bonds. The summed E-state index contributed by atoms with van der Waals surface area (Å²) in [7, 11) is -0.697. The highest BCUT2D eigenvalue weighted by Gasteiger charge is 2.52. The lowest BCUT2D eigenvalue weighted by Gasteiger charge is -2.32. The fourth-order valence-electron chi connectivity index (χ4n) is 2.99. The van der Waals surface area contributed by atoms with Gasteiger partial charge < -0.3 is 9.31 Å². The molecule has 0 saturated carbocycles. The first-order chi connectivity index (χ1) is 10.7. The van der Waals surface area contributed by atoms with Gasteiger partial charge in [-0.15, -0.1) is 0 Å². The summed E-state index contributed by atoms with van der Waals surface area (Å²) in [5, 5.41) is 4.49. The topological polar surface area (TPSA) is 65.7 Å². The van der Waals surface area contributed by atoms with Gasteiger partial charge in [0.2, 0.25) is 0 Å². The molecule has 1 aromatic rings. The third kappa shape index (κ3) is 3.08. The van der Waals surface area contributed by atoms with Gasteiger partial charge in [-0.2, -0.15) is 5.10 Å². The second-order valence-corrected chi connectivity index (χ2v) is 10.2. The van der Waals surface area contributed by atoms with Crippen LogP contribution in [0.1, 0.15) is 46.6 Å². The molecular formula is C15H26BN3O3S. The van der Waals surface area contributed by atoms with E-state index in [4.69, 9.17) is 9.31 Å². The van der Waals surface area contributed by atoms with Gasteiger partial charge in [0.05, 0.1) is 17.2 Å². The molecule has 3 rings (SSSR count). The molecule has 0 bridgehead atoms. The van der Waals surface area contributed by atoms with Crippen LogP contribution in [0.15, 0.2) is 16.8 Å². The Morgan fingerprint density at radius 1 is 1.26 bits per heavy atom. The van der Waals surface area contributed by atoms with Crippen molar-refractivity contribution in [2.24, 2.45) is 4.36 Å². The van der Waals surface area contributed by atoms with Crippen molar-refractivity contribution in [3.63, 3.8) is 0 Å². The molecule has 3 heterocycles. The van der Waals surface area contributed by atoms with E-state index in [1.54, 1.807) is 7.05 Å². The Morgan fingerprint density at radius 3 is 2.35 bits per heavy atom. The van der Waals surface area contributed by atoms with E-state index in [1.807, 2.05) is 44.8 Å². The second-order valence-electron chi connectivity index (χ2n) is 7.44. The van der Waals surface area contributed by atoms with Crippen molar-refractivity contribution in [3.8, 4) is 0 Å². The maximum atomic E-state index is 12.3. The predicted octanol–water partition coefficient (Wildman–Crippen LogP) is 1.61. The Hall–Kier alpha value is -0.855. The molecule has 1 aromatic heterocycles. The van der Waals surface area contributed by atoms with Gasteiger partial charge in [-0.05, 0) is 40.5 Å². The minimum absolute atomic E-state index is 0.280. The van der Waals surface area contributed by atoms with Crippen LogP contribution in [0, 0.1) is 0 Å². The molecule has 8 heteroatoms. The van der Waals surface area contributed by atoms with E-state index in [-0.39, 0.29) is 24.4 Å². The molecule has 23 heavy (non-hydrogen) atoms. The Labute approximate surface area is 139 Å². The largest absolute Gasteiger partial charge is 0.498 e. The number of nitrogens with zero attached hydrogens (tertiary/aromatic N) is 3. The molecule has 6 nitrogen and oxygen atoms in total. The minimum Gasteiger partial charge on any atom is -0.399 e. The average Bonchev–Trinajstić information content (AvgIpc) is 3.03. The van der Waals surface area contributed by atoms with E-state index in [0.717, 1.165) is 18.3 Å². The summed E-state index contributed by atoms with van der Waals surface area (Å²) < 4.78 is 30.4. The van der Waals surface area contributed by atoms with E-state index in [9.17, 15) is 4.21 Å². The summed E-state index contributed by atoms with van der Waals surface area (Å²) in [6.07, 6.45) is 5.52. The van der Waals surface area contributed by atoms with E-state index >= 15 is 0 Å². The van der Waals surface area contributed by atoms with Crippen molar-refractivity contribution in [3.05, 3.63) is 12.4 Å². The van der Waals surface area contributed by atoms with E-state index in [1.165, 1.54) is 0 Å². The highest BCUT2D eigenvalue weighted by Crippen LogP contribution is 2.36. The number of rotatable bonds is 2. The van der Waals surface area contributed by atoms with Gasteiger partial charge in [0.1, 0.15) is 0 Å². The maximum Gasteiger partial charge on any atom is 0.498 e. The predicted molar refractivity (Wildman–Crippen MR) is 92.4 cm³/mol. The molecule has 2 fully saturated rings. The quantitative estimate of drug-likeness (QED) is 0.768. The van der Waals surface area contributed by atoms with Crippen molar-refractivity contribution < 1.29 is 13.5 Å². The smallest absolute Gasteiger partial charge is 0.399 e. The van der Waals surface area contributed by atoms with Crippen LogP contribution >= 0.6 is 0 Å². The van der Waals surface area contributed by atoms with Crippen LogP contribution in [-0.2, 0) is 19.0 Å². The highest BCUT2D eigenvalue weighted by molar-refractivity contribution is 7.93. The first kappa shape index (κ1) is 17.0. The maximum absolute atomic E-state index is 12.3. The van der Waals surface area contributed by atoms with Crippen LogP contribution in [0.3, 0.4) is 0 Å². The van der Waals surface area contributed by atoms with Gasteiger partial charge in [0.25, 0.3) is 0 Å². The first-order valence-electron chi connectivity index (χ1n) is 8.16. The van der Waals surface area contributed by atoms with Gasteiger partial charge in [-0.3, -0.25) is 4.68 Å². The molecule has 128 valence electrons. The van der Waals surface area contributed by atoms with Crippen LogP contribution < -0.4 is 5.46 Å². The summed E-state index contributed by atoms with van der Waals surface area (Å²) >= 11 is 0. The fourth-order valence-corrected chi connectivity index (χ4v) is 4.84. The van der Waals surface area contributed by atoms with Crippen LogP contribution in [0.2, 0.25) is 0 Å². The van der Waals surface area contributed by atoms with Crippen molar-refractivity contribution in [1.82, 2.24) is 9.78 Å². The molecule has 0 atom stereocenters. The molecule has 0 aromatic carbocycles. The molecule has 0 N–H and O–H groups in total. The zero-order valence-corrected chi connectivity index (χ0v) is 15.4. The van der Waals surface area contributed by atoms with E-state index in [2.05, 4.69) is 9.46 Å². The lowest BCUT2D eigenvalue weighted by molar-refractivity contribution is 0.00578.